The zero-order chi connectivity index (χ0) is 16.7. The number of carbonyl (C=O) groups is 1. The number of aromatic nitrogens is 3. The number of amides is 1. The van der Waals surface area contributed by atoms with Crippen molar-refractivity contribution in [3.63, 3.8) is 0 Å². The van der Waals surface area contributed by atoms with Crippen molar-refractivity contribution in [2.75, 3.05) is 6.54 Å². The lowest BCUT2D eigenvalue weighted by Crippen LogP contribution is -2.32. The Kier molecular flexibility index (Phi) is 3.79. The lowest BCUT2D eigenvalue weighted by Gasteiger charge is -2.26. The summed E-state index contributed by atoms with van der Waals surface area (Å²) in [4.78, 5) is 12.6. The van der Waals surface area contributed by atoms with Gasteiger partial charge >= 0.3 is 0 Å². The largest absolute Gasteiger partial charge is 0.354 e. The lowest BCUT2D eigenvalue weighted by molar-refractivity contribution is -0.122. The predicted molar refractivity (Wildman–Crippen MR) is 94.3 cm³/mol. The van der Waals surface area contributed by atoms with E-state index < -0.39 is 0 Å². The first kappa shape index (κ1) is 15.6. The van der Waals surface area contributed by atoms with Gasteiger partial charge in [0.05, 0.1) is 0 Å². The Labute approximate surface area is 146 Å². The minimum atomic E-state index is 0.0980. The average molecular weight is 342 g/mol. The number of nitrogens with one attached hydrogen (secondary N) is 2. The summed E-state index contributed by atoms with van der Waals surface area (Å²) in [6.07, 6.45) is 4.45. The van der Waals surface area contributed by atoms with E-state index in [9.17, 15) is 4.79 Å². The van der Waals surface area contributed by atoms with Crippen LogP contribution in [-0.2, 0) is 23.2 Å². The van der Waals surface area contributed by atoms with E-state index in [-0.39, 0.29) is 17.2 Å². The number of H-pyrrole nitrogens is 1. The summed E-state index contributed by atoms with van der Waals surface area (Å²) in [7, 11) is 0. The number of fused-ring (bicyclic) bond motifs is 2. The molecule has 126 valence electrons. The van der Waals surface area contributed by atoms with Crippen LogP contribution in [0.25, 0.3) is 0 Å². The van der Waals surface area contributed by atoms with Crippen LogP contribution >= 0.6 is 12.2 Å². The van der Waals surface area contributed by atoms with Gasteiger partial charge in [-0.3, -0.25) is 9.89 Å². The highest BCUT2D eigenvalue weighted by Gasteiger charge is 2.59. The molecule has 0 aliphatic heterocycles. The lowest BCUT2D eigenvalue weighted by atomic mass is 9.78. The molecule has 1 spiro atoms. The molecule has 1 amide bonds. The molecule has 1 fully saturated rings. The minimum absolute atomic E-state index is 0.0980. The van der Waals surface area contributed by atoms with E-state index in [2.05, 4.69) is 39.8 Å². The normalized spacial score (nSPS) is 24.6. The van der Waals surface area contributed by atoms with Gasteiger partial charge in [-0.1, -0.05) is 24.3 Å². The highest BCUT2D eigenvalue weighted by molar-refractivity contribution is 7.71. The summed E-state index contributed by atoms with van der Waals surface area (Å²) >= 11 is 5.19. The van der Waals surface area contributed by atoms with Gasteiger partial charge in [0.2, 0.25) is 5.91 Å². The van der Waals surface area contributed by atoms with E-state index in [4.69, 9.17) is 12.2 Å². The maximum absolute atomic E-state index is 12.6. The number of hydrogen-bond donors (Lipinski definition) is 2. The van der Waals surface area contributed by atoms with Gasteiger partial charge in [-0.25, -0.2) is 0 Å². The van der Waals surface area contributed by atoms with E-state index in [1.807, 2.05) is 11.5 Å². The van der Waals surface area contributed by atoms with Crippen molar-refractivity contribution >= 4 is 18.1 Å². The van der Waals surface area contributed by atoms with Crippen LogP contribution in [0.5, 0.6) is 0 Å². The first-order valence-electron chi connectivity index (χ1n) is 8.60. The number of rotatable bonds is 4. The molecule has 1 aromatic carbocycles. The fourth-order valence-electron chi connectivity index (χ4n) is 4.25. The van der Waals surface area contributed by atoms with Gasteiger partial charge in [-0.2, -0.15) is 5.10 Å². The molecule has 0 bridgehead atoms. The van der Waals surface area contributed by atoms with Gasteiger partial charge in [0.15, 0.2) is 4.77 Å². The van der Waals surface area contributed by atoms with Gasteiger partial charge in [-0.15, -0.1) is 0 Å². The second kappa shape index (κ2) is 5.84. The molecular weight excluding hydrogens is 320 g/mol. The molecule has 4 rings (SSSR count). The van der Waals surface area contributed by atoms with Crippen LogP contribution in [0, 0.1) is 17.6 Å². The molecule has 1 aromatic heterocycles. The number of aryl methyl sites for hydroxylation is 2. The second-order valence-corrected chi connectivity index (χ2v) is 7.33. The van der Waals surface area contributed by atoms with Gasteiger partial charge in [0, 0.05) is 24.4 Å². The SMILES string of the molecule is Cc1n[nH]c(=S)n1CCNC(=O)[C@@H]1C[C@@]12CCCc1ccccc12. The zero-order valence-electron chi connectivity index (χ0n) is 13.8. The standard InChI is InChI=1S/C18H22N4OS/c1-12-20-21-17(24)22(12)10-9-19-16(23)15-11-18(15)8-4-6-13-5-2-3-7-14(13)18/h2-3,5,7,15H,4,6,8-11H2,1H3,(H,19,23)(H,21,24)/t15-,18+/m0/s1. The number of nitrogens with zero attached hydrogens (tertiary/aromatic N) is 2. The van der Waals surface area contributed by atoms with Gasteiger partial charge in [0.25, 0.3) is 0 Å². The predicted octanol–water partition coefficient (Wildman–Crippen LogP) is 2.66. The molecular formula is C18H22N4OS. The molecule has 2 atom stereocenters. The average Bonchev–Trinajstić information content (AvgIpc) is 3.22. The van der Waals surface area contributed by atoms with Gasteiger partial charge in [0.1, 0.15) is 5.82 Å². The summed E-state index contributed by atoms with van der Waals surface area (Å²) in [5.74, 6) is 1.15. The summed E-state index contributed by atoms with van der Waals surface area (Å²) in [5, 5.41) is 9.95. The molecule has 0 saturated heterocycles. The number of benzene rings is 1. The van der Waals surface area contributed by atoms with Crippen molar-refractivity contribution < 1.29 is 4.79 Å². The topological polar surface area (TPSA) is 62.7 Å². The number of hydrogen-bond acceptors (Lipinski definition) is 3. The summed E-state index contributed by atoms with van der Waals surface area (Å²) in [6.45, 7) is 3.15. The molecule has 0 radical (unpaired) electrons. The Morgan fingerprint density at radius 3 is 3.12 bits per heavy atom. The van der Waals surface area contributed by atoms with Gasteiger partial charge in [-0.05, 0) is 56.0 Å². The molecule has 0 unspecified atom stereocenters. The van der Waals surface area contributed by atoms with Crippen LogP contribution in [0.1, 0.15) is 36.2 Å². The maximum Gasteiger partial charge on any atom is 0.224 e. The van der Waals surface area contributed by atoms with Crippen LogP contribution in [-0.4, -0.2) is 27.2 Å². The molecule has 2 N–H and O–H groups in total. The van der Waals surface area contributed by atoms with Crippen molar-refractivity contribution in [2.45, 2.75) is 44.6 Å². The zero-order valence-corrected chi connectivity index (χ0v) is 14.7. The molecule has 24 heavy (non-hydrogen) atoms. The number of carbonyl (C=O) groups excluding carboxylic acids is 1. The third kappa shape index (κ3) is 2.49. The molecule has 6 heteroatoms. The van der Waals surface area contributed by atoms with Crippen molar-refractivity contribution in [1.29, 1.82) is 0 Å². The summed E-state index contributed by atoms with van der Waals surface area (Å²) in [6, 6.07) is 8.64. The van der Waals surface area contributed by atoms with E-state index in [0.29, 0.717) is 17.9 Å². The third-order valence-corrected chi connectivity index (χ3v) is 5.91. The van der Waals surface area contributed by atoms with Crippen molar-refractivity contribution in [1.82, 2.24) is 20.1 Å². The Bertz CT molecular complexity index is 840. The fourth-order valence-corrected chi connectivity index (χ4v) is 4.52. The smallest absolute Gasteiger partial charge is 0.224 e. The van der Waals surface area contributed by atoms with Crippen LogP contribution in [0.4, 0.5) is 0 Å². The third-order valence-electron chi connectivity index (χ3n) is 5.60. The maximum atomic E-state index is 12.6. The van der Waals surface area contributed by atoms with Gasteiger partial charge < -0.3 is 9.88 Å². The molecule has 2 aliphatic rings. The number of aromatic amines is 1. The molecule has 1 heterocycles. The fraction of sp³-hybridized carbons (Fsp3) is 0.500. The first-order valence-corrected chi connectivity index (χ1v) is 9.00. The Hall–Kier alpha value is -1.95. The van der Waals surface area contributed by atoms with Crippen LogP contribution < -0.4 is 5.32 Å². The van der Waals surface area contributed by atoms with E-state index in [1.54, 1.807) is 0 Å². The highest BCUT2D eigenvalue weighted by Crippen LogP contribution is 2.60. The molecule has 5 nitrogen and oxygen atoms in total. The van der Waals surface area contributed by atoms with Crippen molar-refractivity contribution in [2.24, 2.45) is 5.92 Å². The first-order chi connectivity index (χ1) is 11.6. The monoisotopic (exact) mass is 342 g/mol. The van der Waals surface area contributed by atoms with Crippen LogP contribution in [0.3, 0.4) is 0 Å². The molecule has 2 aromatic rings. The van der Waals surface area contributed by atoms with Crippen molar-refractivity contribution in [3.05, 3.63) is 46.0 Å². The Morgan fingerprint density at radius 1 is 1.50 bits per heavy atom. The Morgan fingerprint density at radius 2 is 2.33 bits per heavy atom. The molecule has 1 saturated carbocycles. The Balaban J connectivity index is 1.40. The van der Waals surface area contributed by atoms with E-state index in [1.165, 1.54) is 17.5 Å². The summed E-state index contributed by atoms with van der Waals surface area (Å²) < 4.78 is 2.51. The van der Waals surface area contributed by atoms with E-state index in [0.717, 1.165) is 25.1 Å². The minimum Gasteiger partial charge on any atom is -0.354 e. The van der Waals surface area contributed by atoms with Crippen molar-refractivity contribution in [3.8, 4) is 0 Å². The van der Waals surface area contributed by atoms with Crippen LogP contribution in [0.2, 0.25) is 0 Å². The van der Waals surface area contributed by atoms with Crippen LogP contribution in [0.15, 0.2) is 24.3 Å². The second-order valence-electron chi connectivity index (χ2n) is 6.94. The molecule has 2 aliphatic carbocycles. The highest BCUT2D eigenvalue weighted by atomic mass is 32.1. The van der Waals surface area contributed by atoms with E-state index >= 15 is 0 Å². The quantitative estimate of drug-likeness (QED) is 0.840. The summed E-state index contributed by atoms with van der Waals surface area (Å²) in [5.41, 5.74) is 2.93.